The molecule has 6 nitrogen and oxygen atoms in total. The second-order valence-electron chi connectivity index (χ2n) is 5.77. The van der Waals surface area contributed by atoms with E-state index in [2.05, 4.69) is 4.99 Å². The first-order valence-corrected chi connectivity index (χ1v) is 6.58. The molecule has 0 spiro atoms. The van der Waals surface area contributed by atoms with Crippen molar-refractivity contribution in [1.29, 1.82) is 0 Å². The molecule has 21 heavy (non-hydrogen) atoms. The minimum atomic E-state index is -0.453. The van der Waals surface area contributed by atoms with E-state index in [4.69, 9.17) is 9.47 Å². The van der Waals surface area contributed by atoms with Gasteiger partial charge in [-0.15, -0.1) is 0 Å². The molecule has 0 bridgehead atoms. The van der Waals surface area contributed by atoms with Gasteiger partial charge in [0.2, 0.25) is 0 Å². The van der Waals surface area contributed by atoms with Crippen molar-refractivity contribution in [2.75, 3.05) is 0 Å². The molecular formula is C15H18N2O4. The van der Waals surface area contributed by atoms with Crippen molar-refractivity contribution in [3.8, 4) is 0 Å². The van der Waals surface area contributed by atoms with Crippen molar-refractivity contribution in [2.45, 2.75) is 38.9 Å². The molecule has 0 amide bonds. The molecule has 0 aliphatic carbocycles. The van der Waals surface area contributed by atoms with Crippen molar-refractivity contribution in [2.24, 2.45) is 4.99 Å². The fourth-order valence-corrected chi connectivity index (χ4v) is 1.71. The van der Waals surface area contributed by atoms with E-state index in [-0.39, 0.29) is 5.69 Å². The summed E-state index contributed by atoms with van der Waals surface area (Å²) in [6.07, 6.45) is 3.11. The van der Waals surface area contributed by atoms with E-state index in [0.29, 0.717) is 11.6 Å². The van der Waals surface area contributed by atoms with Gasteiger partial charge >= 0.3 is 0 Å². The maximum atomic E-state index is 10.7. The third-order valence-corrected chi connectivity index (χ3v) is 3.64. The lowest BCUT2D eigenvalue weighted by Crippen LogP contribution is -2.41. The normalized spacial score (nSPS) is 19.1. The topological polar surface area (TPSA) is 74.0 Å². The highest BCUT2D eigenvalue weighted by atomic mass is 16.7. The van der Waals surface area contributed by atoms with Crippen LogP contribution in [0.4, 0.5) is 11.4 Å². The summed E-state index contributed by atoms with van der Waals surface area (Å²) in [5.41, 5.74) is -0.360. The van der Waals surface area contributed by atoms with E-state index in [0.717, 1.165) is 0 Å². The molecule has 0 saturated carbocycles. The van der Waals surface area contributed by atoms with E-state index in [1.807, 2.05) is 27.7 Å². The average Bonchev–Trinajstić information content (AvgIpc) is 2.58. The first kappa shape index (κ1) is 15.0. The standard InChI is InChI=1S/C15H18N2O4/c1-14(2)15(3,4)21-13(20-14)8-9-16-11-6-5-7-12(10-11)17(18)19/h5-10H,1-4H3. The van der Waals surface area contributed by atoms with Gasteiger partial charge in [0, 0.05) is 24.4 Å². The minimum Gasteiger partial charge on any atom is -0.455 e. The van der Waals surface area contributed by atoms with Crippen LogP contribution < -0.4 is 0 Å². The first-order chi connectivity index (χ1) is 9.71. The van der Waals surface area contributed by atoms with Gasteiger partial charge in [-0.05, 0) is 33.8 Å². The second kappa shape index (κ2) is 5.20. The molecule has 0 N–H and O–H groups in total. The van der Waals surface area contributed by atoms with Gasteiger partial charge in [0.25, 0.3) is 11.6 Å². The molecule has 1 aliphatic heterocycles. The second-order valence-corrected chi connectivity index (χ2v) is 5.77. The molecule has 1 saturated heterocycles. The zero-order valence-corrected chi connectivity index (χ0v) is 12.5. The van der Waals surface area contributed by atoms with E-state index in [9.17, 15) is 10.1 Å². The lowest BCUT2D eigenvalue weighted by atomic mass is 9.90. The number of benzene rings is 1. The molecule has 0 aromatic heterocycles. The van der Waals surface area contributed by atoms with E-state index in [1.54, 1.807) is 18.2 Å². The summed E-state index contributed by atoms with van der Waals surface area (Å²) >= 11 is 0. The Hall–Kier alpha value is -2.37. The fourth-order valence-electron chi connectivity index (χ4n) is 1.71. The van der Waals surface area contributed by atoms with Gasteiger partial charge in [0.15, 0.2) is 0 Å². The van der Waals surface area contributed by atoms with Crippen molar-refractivity contribution in [1.82, 2.24) is 0 Å². The maximum Gasteiger partial charge on any atom is 0.282 e. The molecule has 1 aromatic carbocycles. The van der Waals surface area contributed by atoms with Crippen LogP contribution in [0.15, 0.2) is 41.3 Å². The molecule has 0 radical (unpaired) electrons. The number of aliphatic imine (C=N–C) groups is 1. The Morgan fingerprint density at radius 3 is 2.38 bits per heavy atom. The van der Waals surface area contributed by atoms with Crippen LogP contribution in [0.1, 0.15) is 27.7 Å². The third kappa shape index (κ3) is 3.21. The average molecular weight is 290 g/mol. The number of allylic oxidation sites excluding steroid dienone is 1. The zero-order chi connectivity index (χ0) is 15.7. The Kier molecular flexibility index (Phi) is 3.72. The zero-order valence-electron chi connectivity index (χ0n) is 12.5. The number of ether oxygens (including phenoxy) is 2. The molecule has 6 heteroatoms. The largest absolute Gasteiger partial charge is 0.455 e. The molecule has 0 atom stereocenters. The van der Waals surface area contributed by atoms with Gasteiger partial charge in [-0.25, -0.2) is 0 Å². The molecule has 1 aromatic rings. The summed E-state index contributed by atoms with van der Waals surface area (Å²) in [5.74, 6) is 0.388. The Balaban J connectivity index is 2.11. The fraction of sp³-hybridized carbons (Fsp3) is 0.400. The van der Waals surface area contributed by atoms with Crippen LogP contribution in [0.2, 0.25) is 0 Å². The monoisotopic (exact) mass is 290 g/mol. The van der Waals surface area contributed by atoms with Crippen LogP contribution in [-0.2, 0) is 9.47 Å². The highest BCUT2D eigenvalue weighted by molar-refractivity contribution is 5.75. The van der Waals surface area contributed by atoms with Gasteiger partial charge in [-0.2, -0.15) is 0 Å². The summed E-state index contributed by atoms with van der Waals surface area (Å²) in [4.78, 5) is 14.4. The molecule has 2 rings (SSSR count). The van der Waals surface area contributed by atoms with Gasteiger partial charge in [-0.3, -0.25) is 15.1 Å². The molecule has 1 heterocycles. The number of nitrogens with zero attached hydrogens (tertiary/aromatic N) is 2. The molecule has 112 valence electrons. The van der Waals surface area contributed by atoms with Gasteiger partial charge < -0.3 is 9.47 Å². The molecule has 0 unspecified atom stereocenters. The Labute approximate surface area is 123 Å². The lowest BCUT2D eigenvalue weighted by Gasteiger charge is -2.28. The van der Waals surface area contributed by atoms with Crippen LogP contribution in [0.25, 0.3) is 0 Å². The van der Waals surface area contributed by atoms with Crippen molar-refractivity contribution < 1.29 is 14.4 Å². The van der Waals surface area contributed by atoms with Gasteiger partial charge in [0.1, 0.15) is 11.2 Å². The van der Waals surface area contributed by atoms with E-state index in [1.165, 1.54) is 18.3 Å². The Bertz CT molecular complexity index is 600. The number of hydrogen-bond acceptors (Lipinski definition) is 5. The Morgan fingerprint density at radius 1 is 1.19 bits per heavy atom. The number of nitro groups is 1. The van der Waals surface area contributed by atoms with E-state index >= 15 is 0 Å². The molecular weight excluding hydrogens is 272 g/mol. The number of nitro benzene ring substituents is 1. The summed E-state index contributed by atoms with van der Waals surface area (Å²) in [6, 6.07) is 6.10. The number of non-ortho nitro benzene ring substituents is 1. The summed E-state index contributed by atoms with van der Waals surface area (Å²) in [5, 5.41) is 10.7. The summed E-state index contributed by atoms with van der Waals surface area (Å²) < 4.78 is 11.4. The maximum absolute atomic E-state index is 10.7. The van der Waals surface area contributed by atoms with Crippen LogP contribution in [0, 0.1) is 10.1 Å². The van der Waals surface area contributed by atoms with Crippen molar-refractivity contribution in [3.63, 3.8) is 0 Å². The summed E-state index contributed by atoms with van der Waals surface area (Å²) in [6.45, 7) is 7.80. The third-order valence-electron chi connectivity index (χ3n) is 3.64. The Morgan fingerprint density at radius 2 is 1.81 bits per heavy atom. The van der Waals surface area contributed by atoms with Crippen molar-refractivity contribution in [3.05, 3.63) is 46.4 Å². The van der Waals surface area contributed by atoms with Gasteiger partial charge in [0.05, 0.1) is 10.6 Å². The first-order valence-electron chi connectivity index (χ1n) is 6.58. The predicted molar refractivity (Wildman–Crippen MR) is 79.7 cm³/mol. The molecule has 1 fully saturated rings. The molecule has 1 aliphatic rings. The van der Waals surface area contributed by atoms with Crippen LogP contribution in [0.5, 0.6) is 0 Å². The quantitative estimate of drug-likeness (QED) is 0.483. The highest BCUT2D eigenvalue weighted by Crippen LogP contribution is 2.39. The van der Waals surface area contributed by atoms with Crippen LogP contribution in [-0.4, -0.2) is 22.3 Å². The van der Waals surface area contributed by atoms with E-state index < -0.39 is 16.1 Å². The SMILES string of the molecule is CC1(C)OC(=CC=Nc2cccc([N+](=O)[O-])c2)OC1(C)C. The minimum absolute atomic E-state index is 0.00735. The smallest absolute Gasteiger partial charge is 0.282 e. The van der Waals surface area contributed by atoms with Crippen molar-refractivity contribution >= 4 is 17.6 Å². The number of hydrogen-bond donors (Lipinski definition) is 0. The summed E-state index contributed by atoms with van der Waals surface area (Å²) in [7, 11) is 0. The van der Waals surface area contributed by atoms with Crippen LogP contribution in [0.3, 0.4) is 0 Å². The van der Waals surface area contributed by atoms with Gasteiger partial charge in [-0.1, -0.05) is 6.07 Å². The van der Waals surface area contributed by atoms with Crippen LogP contribution >= 0.6 is 0 Å². The number of rotatable bonds is 3. The lowest BCUT2D eigenvalue weighted by molar-refractivity contribution is -0.384. The highest BCUT2D eigenvalue weighted by Gasteiger charge is 2.48. The predicted octanol–water partition coefficient (Wildman–Crippen LogP) is 3.74.